The van der Waals surface area contributed by atoms with E-state index in [1.807, 2.05) is 0 Å². The summed E-state index contributed by atoms with van der Waals surface area (Å²) in [4.78, 5) is 7.92. The van der Waals surface area contributed by atoms with E-state index >= 15 is 0 Å². The van der Waals surface area contributed by atoms with E-state index in [2.05, 4.69) is 16.7 Å². The van der Waals surface area contributed by atoms with E-state index in [0.29, 0.717) is 6.42 Å². The summed E-state index contributed by atoms with van der Waals surface area (Å²) in [6.07, 6.45) is 3.44. The molecule has 0 aromatic rings. The van der Waals surface area contributed by atoms with Gasteiger partial charge in [0.1, 0.15) is 0 Å². The van der Waals surface area contributed by atoms with Crippen LogP contribution in [0.4, 0.5) is 0 Å². The van der Waals surface area contributed by atoms with Crippen LogP contribution in [0.2, 0.25) is 0 Å². The van der Waals surface area contributed by atoms with E-state index in [9.17, 15) is 0 Å². The van der Waals surface area contributed by atoms with Crippen molar-refractivity contribution in [1.29, 1.82) is 0 Å². The third kappa shape index (κ3) is 4.31. The lowest BCUT2D eigenvalue weighted by atomic mass is 10.1. The lowest BCUT2D eigenvalue weighted by molar-refractivity contribution is -0.482. The minimum atomic E-state index is -1.25. The molecule has 0 aromatic heterocycles. The second-order valence-electron chi connectivity index (χ2n) is 2.77. The fourth-order valence-corrected chi connectivity index (χ4v) is 0.804. The van der Waals surface area contributed by atoms with E-state index in [0.717, 1.165) is 19.3 Å². The summed E-state index contributed by atoms with van der Waals surface area (Å²) in [7, 11) is 0. The Morgan fingerprint density at radius 3 is 2.09 bits per heavy atom. The van der Waals surface area contributed by atoms with Crippen LogP contribution in [-0.2, 0) is 9.78 Å². The lowest BCUT2D eigenvalue weighted by Gasteiger charge is -2.20. The summed E-state index contributed by atoms with van der Waals surface area (Å²) in [6, 6.07) is 0. The van der Waals surface area contributed by atoms with Crippen LogP contribution in [0.3, 0.4) is 0 Å². The Kier molecular flexibility index (Phi) is 5.41. The van der Waals surface area contributed by atoms with Gasteiger partial charge < -0.3 is 0 Å². The SMILES string of the molecule is CCCCCC(C)(OO)OO. The van der Waals surface area contributed by atoms with Gasteiger partial charge in [0.15, 0.2) is 0 Å². The van der Waals surface area contributed by atoms with Crippen LogP contribution < -0.4 is 0 Å². The Labute approximate surface area is 66.6 Å². The van der Waals surface area contributed by atoms with Crippen molar-refractivity contribution >= 4 is 0 Å². The molecule has 0 saturated carbocycles. The normalized spacial score (nSPS) is 12.0. The monoisotopic (exact) mass is 164 g/mol. The predicted molar refractivity (Wildman–Crippen MR) is 40.0 cm³/mol. The Hall–Kier alpha value is -0.160. The first-order valence-corrected chi connectivity index (χ1v) is 3.83. The molecule has 0 bridgehead atoms. The van der Waals surface area contributed by atoms with Crippen molar-refractivity contribution in [3.8, 4) is 0 Å². The van der Waals surface area contributed by atoms with Gasteiger partial charge in [-0.3, -0.25) is 0 Å². The fraction of sp³-hybridized carbons (Fsp3) is 1.00. The van der Waals surface area contributed by atoms with Gasteiger partial charge in [-0.25, -0.2) is 20.3 Å². The second kappa shape index (κ2) is 5.49. The van der Waals surface area contributed by atoms with Gasteiger partial charge >= 0.3 is 0 Å². The van der Waals surface area contributed by atoms with Crippen LogP contribution in [0.1, 0.15) is 39.5 Å². The van der Waals surface area contributed by atoms with Crippen molar-refractivity contribution in [2.45, 2.75) is 45.3 Å². The quantitative estimate of drug-likeness (QED) is 0.273. The van der Waals surface area contributed by atoms with Crippen molar-refractivity contribution in [3.05, 3.63) is 0 Å². The molecule has 0 aromatic carbocycles. The summed E-state index contributed by atoms with van der Waals surface area (Å²) in [6.45, 7) is 3.54. The molecule has 0 fully saturated rings. The third-order valence-electron chi connectivity index (χ3n) is 1.62. The molecule has 0 aliphatic heterocycles. The fourth-order valence-electron chi connectivity index (χ4n) is 0.804. The molecule has 0 rings (SSSR count). The Morgan fingerprint density at radius 1 is 1.18 bits per heavy atom. The van der Waals surface area contributed by atoms with E-state index in [1.165, 1.54) is 6.92 Å². The Bertz CT molecular complexity index is 90.4. The lowest BCUT2D eigenvalue weighted by Crippen LogP contribution is -2.29. The summed E-state index contributed by atoms with van der Waals surface area (Å²) >= 11 is 0. The molecular formula is C7H16O4. The predicted octanol–water partition coefficient (Wildman–Crippen LogP) is 2.26. The van der Waals surface area contributed by atoms with Gasteiger partial charge in [0, 0.05) is 6.42 Å². The molecule has 0 saturated heterocycles. The Balaban J connectivity index is 3.51. The van der Waals surface area contributed by atoms with Crippen molar-refractivity contribution < 1.29 is 20.3 Å². The number of hydrogen-bond acceptors (Lipinski definition) is 4. The highest BCUT2D eigenvalue weighted by molar-refractivity contribution is 4.58. The number of rotatable bonds is 6. The standard InChI is InChI=1S/C7H16O4/c1-3-4-5-6-7(2,10-8)11-9/h8-9H,3-6H2,1-2H3. The minimum Gasteiger partial charge on any atom is -0.249 e. The summed E-state index contributed by atoms with van der Waals surface area (Å²) in [5.74, 6) is -1.25. The van der Waals surface area contributed by atoms with Gasteiger partial charge in [-0.1, -0.05) is 19.8 Å². The smallest absolute Gasteiger partial charge is 0.230 e. The van der Waals surface area contributed by atoms with Gasteiger partial charge in [0.25, 0.3) is 0 Å². The maximum absolute atomic E-state index is 8.30. The number of hydrogen-bond donors (Lipinski definition) is 2. The molecule has 68 valence electrons. The molecule has 0 radical (unpaired) electrons. The van der Waals surface area contributed by atoms with Crippen LogP contribution in [0.25, 0.3) is 0 Å². The topological polar surface area (TPSA) is 58.9 Å². The molecule has 0 unspecified atom stereocenters. The average molecular weight is 164 g/mol. The largest absolute Gasteiger partial charge is 0.249 e. The van der Waals surface area contributed by atoms with Gasteiger partial charge in [-0.2, -0.15) is 0 Å². The molecule has 0 aliphatic rings. The first-order valence-electron chi connectivity index (χ1n) is 3.83. The molecular weight excluding hydrogens is 148 g/mol. The maximum atomic E-state index is 8.30. The van der Waals surface area contributed by atoms with Crippen molar-refractivity contribution in [2.24, 2.45) is 0 Å². The van der Waals surface area contributed by atoms with Gasteiger partial charge in [0.2, 0.25) is 5.79 Å². The van der Waals surface area contributed by atoms with Crippen molar-refractivity contribution in [2.75, 3.05) is 0 Å². The molecule has 0 heterocycles. The van der Waals surface area contributed by atoms with Crippen LogP contribution in [-0.4, -0.2) is 16.3 Å². The van der Waals surface area contributed by atoms with E-state index in [-0.39, 0.29) is 0 Å². The maximum Gasteiger partial charge on any atom is 0.230 e. The van der Waals surface area contributed by atoms with Gasteiger partial charge in [-0.05, 0) is 13.3 Å². The summed E-state index contributed by atoms with van der Waals surface area (Å²) in [5.41, 5.74) is 0. The zero-order chi connectivity index (χ0) is 8.74. The molecule has 0 spiro atoms. The molecule has 0 aliphatic carbocycles. The van der Waals surface area contributed by atoms with Crippen molar-refractivity contribution in [3.63, 3.8) is 0 Å². The van der Waals surface area contributed by atoms with Crippen LogP contribution in [0.5, 0.6) is 0 Å². The molecule has 11 heavy (non-hydrogen) atoms. The Morgan fingerprint density at radius 2 is 1.73 bits per heavy atom. The first kappa shape index (κ1) is 10.8. The molecule has 4 nitrogen and oxygen atoms in total. The summed E-state index contributed by atoms with van der Waals surface area (Å²) < 4.78 is 0. The highest BCUT2D eigenvalue weighted by Crippen LogP contribution is 2.18. The molecule has 4 heteroatoms. The van der Waals surface area contributed by atoms with Crippen molar-refractivity contribution in [1.82, 2.24) is 0 Å². The van der Waals surface area contributed by atoms with E-state index in [1.54, 1.807) is 0 Å². The van der Waals surface area contributed by atoms with Gasteiger partial charge in [0.05, 0.1) is 0 Å². The van der Waals surface area contributed by atoms with Crippen LogP contribution in [0.15, 0.2) is 0 Å². The first-order chi connectivity index (χ1) is 5.18. The highest BCUT2D eigenvalue weighted by atomic mass is 17.2. The third-order valence-corrected chi connectivity index (χ3v) is 1.62. The molecule has 0 amide bonds. The van der Waals surface area contributed by atoms with Crippen LogP contribution in [0, 0.1) is 0 Å². The average Bonchev–Trinajstić information content (AvgIpc) is 2.05. The molecule has 0 atom stereocenters. The number of unbranched alkanes of at least 4 members (excludes halogenated alkanes) is 2. The van der Waals surface area contributed by atoms with E-state index in [4.69, 9.17) is 10.5 Å². The van der Waals surface area contributed by atoms with E-state index < -0.39 is 5.79 Å². The highest BCUT2D eigenvalue weighted by Gasteiger charge is 2.25. The molecule has 2 N–H and O–H groups in total. The minimum absolute atomic E-state index is 0.480. The zero-order valence-corrected chi connectivity index (χ0v) is 7.04. The second-order valence-corrected chi connectivity index (χ2v) is 2.77. The zero-order valence-electron chi connectivity index (χ0n) is 7.04. The van der Waals surface area contributed by atoms with Gasteiger partial charge in [-0.15, -0.1) is 0 Å². The van der Waals surface area contributed by atoms with Crippen LogP contribution >= 0.6 is 0 Å². The summed E-state index contributed by atoms with van der Waals surface area (Å²) in [5, 5.41) is 16.6.